The topological polar surface area (TPSA) is 52.5 Å². The van der Waals surface area contributed by atoms with E-state index in [4.69, 9.17) is 10.2 Å². The van der Waals surface area contributed by atoms with Crippen molar-refractivity contribution in [3.05, 3.63) is 29.6 Å². The molecular weight excluding hydrogens is 185 g/mol. The minimum Gasteiger partial charge on any atom is -0.394 e. The van der Waals surface area contributed by atoms with Crippen molar-refractivity contribution in [3.63, 3.8) is 0 Å². The molecule has 3 N–H and O–H groups in total. The van der Waals surface area contributed by atoms with E-state index in [0.29, 0.717) is 5.69 Å². The third kappa shape index (κ3) is 3.32. The van der Waals surface area contributed by atoms with Gasteiger partial charge in [-0.2, -0.15) is 0 Å². The molecule has 0 amide bonds. The summed E-state index contributed by atoms with van der Waals surface area (Å²) >= 11 is 0. The molecule has 0 saturated carbocycles. The van der Waals surface area contributed by atoms with Crippen LogP contribution >= 0.6 is 0 Å². The molecule has 0 spiro atoms. The Morgan fingerprint density at radius 2 is 2.14 bits per heavy atom. The van der Waals surface area contributed by atoms with Gasteiger partial charge in [-0.15, -0.1) is 0 Å². The minimum absolute atomic E-state index is 0.208. The number of hydrogen-bond acceptors (Lipinski definition) is 3. The summed E-state index contributed by atoms with van der Waals surface area (Å²) in [5, 5.41) is 20.4. The normalized spacial score (nSPS) is 12.6. The zero-order valence-electron chi connectivity index (χ0n) is 8.00. The van der Waals surface area contributed by atoms with Gasteiger partial charge in [0.1, 0.15) is 5.82 Å². The molecule has 0 heterocycles. The number of nitrogens with one attached hydrogen (secondary N) is 1. The molecule has 0 unspecified atom stereocenters. The summed E-state index contributed by atoms with van der Waals surface area (Å²) in [4.78, 5) is 0. The Morgan fingerprint density at radius 3 is 2.71 bits per heavy atom. The molecule has 1 atom stereocenters. The Bertz CT molecular complexity index is 284. The molecule has 14 heavy (non-hydrogen) atoms. The summed E-state index contributed by atoms with van der Waals surface area (Å²) in [6.07, 6.45) is -0.821. The van der Waals surface area contributed by atoms with Crippen LogP contribution in [0.4, 0.5) is 10.1 Å². The van der Waals surface area contributed by atoms with E-state index in [0.717, 1.165) is 5.56 Å². The predicted octanol–water partition coefficient (Wildman–Crippen LogP) is 0.899. The maximum atomic E-state index is 12.9. The van der Waals surface area contributed by atoms with Gasteiger partial charge in [0.05, 0.1) is 12.7 Å². The van der Waals surface area contributed by atoms with Crippen LogP contribution in [0.15, 0.2) is 18.2 Å². The van der Waals surface area contributed by atoms with Crippen molar-refractivity contribution in [3.8, 4) is 0 Å². The largest absolute Gasteiger partial charge is 0.394 e. The van der Waals surface area contributed by atoms with Crippen LogP contribution < -0.4 is 5.32 Å². The zero-order valence-corrected chi connectivity index (χ0v) is 8.00. The third-order valence-corrected chi connectivity index (χ3v) is 1.79. The van der Waals surface area contributed by atoms with Crippen LogP contribution in [0.5, 0.6) is 0 Å². The average molecular weight is 199 g/mol. The van der Waals surface area contributed by atoms with Crippen LogP contribution in [0, 0.1) is 12.7 Å². The minimum atomic E-state index is -0.821. The van der Waals surface area contributed by atoms with Crippen molar-refractivity contribution in [2.24, 2.45) is 0 Å². The van der Waals surface area contributed by atoms with Crippen molar-refractivity contribution < 1.29 is 14.6 Å². The number of aliphatic hydroxyl groups is 2. The maximum Gasteiger partial charge on any atom is 0.125 e. The highest BCUT2D eigenvalue weighted by Gasteiger charge is 2.02. The van der Waals surface area contributed by atoms with Gasteiger partial charge < -0.3 is 15.5 Å². The highest BCUT2D eigenvalue weighted by Crippen LogP contribution is 2.12. The maximum absolute atomic E-state index is 12.9. The fourth-order valence-corrected chi connectivity index (χ4v) is 1.14. The molecule has 0 aromatic heterocycles. The predicted molar refractivity (Wildman–Crippen MR) is 52.7 cm³/mol. The van der Waals surface area contributed by atoms with Crippen LogP contribution in [0.3, 0.4) is 0 Å². The lowest BCUT2D eigenvalue weighted by Crippen LogP contribution is -2.22. The van der Waals surface area contributed by atoms with Gasteiger partial charge >= 0.3 is 0 Å². The smallest absolute Gasteiger partial charge is 0.125 e. The molecule has 0 fully saturated rings. The number of aryl methyl sites for hydroxylation is 1. The average Bonchev–Trinajstić information content (AvgIpc) is 2.12. The van der Waals surface area contributed by atoms with E-state index in [1.807, 2.05) is 0 Å². The van der Waals surface area contributed by atoms with Crippen LogP contribution in [0.1, 0.15) is 5.56 Å². The summed E-state index contributed by atoms with van der Waals surface area (Å²) in [6.45, 7) is 1.69. The van der Waals surface area contributed by atoms with Crippen LogP contribution in [0.2, 0.25) is 0 Å². The molecule has 0 saturated heterocycles. The molecule has 0 radical (unpaired) electrons. The molecule has 1 aromatic rings. The lowest BCUT2D eigenvalue weighted by molar-refractivity contribution is 0.105. The summed E-state index contributed by atoms with van der Waals surface area (Å²) in [5.41, 5.74) is 1.42. The Balaban J connectivity index is 2.58. The zero-order chi connectivity index (χ0) is 10.6. The molecule has 0 bridgehead atoms. The van der Waals surface area contributed by atoms with Gasteiger partial charge in [-0.1, -0.05) is 0 Å². The van der Waals surface area contributed by atoms with Crippen molar-refractivity contribution >= 4 is 5.69 Å². The molecule has 0 aliphatic heterocycles. The lowest BCUT2D eigenvalue weighted by Gasteiger charge is -2.10. The molecule has 1 aromatic carbocycles. The number of rotatable bonds is 4. The van der Waals surface area contributed by atoms with E-state index in [9.17, 15) is 4.39 Å². The van der Waals surface area contributed by atoms with Gasteiger partial charge in [-0.3, -0.25) is 0 Å². The number of hydrogen-bond donors (Lipinski definition) is 3. The van der Waals surface area contributed by atoms with Crippen molar-refractivity contribution in [1.82, 2.24) is 0 Å². The highest BCUT2D eigenvalue weighted by molar-refractivity contribution is 5.46. The van der Waals surface area contributed by atoms with Crippen LogP contribution in [-0.2, 0) is 0 Å². The van der Waals surface area contributed by atoms with E-state index in [1.165, 1.54) is 12.1 Å². The number of halogens is 1. The molecule has 4 heteroatoms. The first-order chi connectivity index (χ1) is 6.61. The molecule has 3 nitrogen and oxygen atoms in total. The monoisotopic (exact) mass is 199 g/mol. The van der Waals surface area contributed by atoms with Crippen molar-refractivity contribution in [2.45, 2.75) is 13.0 Å². The van der Waals surface area contributed by atoms with E-state index in [-0.39, 0.29) is 19.0 Å². The lowest BCUT2D eigenvalue weighted by atomic mass is 10.2. The fourth-order valence-electron chi connectivity index (χ4n) is 1.14. The van der Waals surface area contributed by atoms with E-state index < -0.39 is 6.10 Å². The molecule has 1 rings (SSSR count). The van der Waals surface area contributed by atoms with Crippen molar-refractivity contribution in [2.75, 3.05) is 18.5 Å². The summed E-state index contributed by atoms with van der Waals surface area (Å²) < 4.78 is 12.9. The first kappa shape index (κ1) is 10.9. The highest BCUT2D eigenvalue weighted by atomic mass is 19.1. The van der Waals surface area contributed by atoms with Gasteiger partial charge in [0.15, 0.2) is 0 Å². The summed E-state index contributed by atoms with van der Waals surface area (Å²) in [5.74, 6) is -0.314. The Hall–Kier alpha value is -1.13. The Morgan fingerprint density at radius 1 is 1.43 bits per heavy atom. The van der Waals surface area contributed by atoms with Gasteiger partial charge in [0, 0.05) is 12.2 Å². The van der Waals surface area contributed by atoms with Gasteiger partial charge in [-0.25, -0.2) is 4.39 Å². The summed E-state index contributed by atoms with van der Waals surface area (Å²) in [7, 11) is 0. The first-order valence-electron chi connectivity index (χ1n) is 4.42. The fraction of sp³-hybridized carbons (Fsp3) is 0.400. The second kappa shape index (κ2) is 4.93. The van der Waals surface area contributed by atoms with Gasteiger partial charge in [0.25, 0.3) is 0 Å². The molecule has 78 valence electrons. The number of aliphatic hydroxyl groups excluding tert-OH is 2. The third-order valence-electron chi connectivity index (χ3n) is 1.79. The summed E-state index contributed by atoms with van der Waals surface area (Å²) in [6, 6.07) is 4.54. The Kier molecular flexibility index (Phi) is 3.85. The molecular formula is C10H14FNO2. The van der Waals surface area contributed by atoms with Gasteiger partial charge in [0.2, 0.25) is 0 Å². The van der Waals surface area contributed by atoms with E-state index >= 15 is 0 Å². The SMILES string of the molecule is Cc1cc(F)cc(NC[C@H](O)CO)c1. The second-order valence-corrected chi connectivity index (χ2v) is 3.23. The Labute approximate surface area is 82.2 Å². The van der Waals surface area contributed by atoms with E-state index in [2.05, 4.69) is 5.32 Å². The standard InChI is InChI=1S/C10H14FNO2/c1-7-2-8(11)4-9(3-7)12-5-10(14)6-13/h2-4,10,12-14H,5-6H2,1H3/t10-/m0/s1. The van der Waals surface area contributed by atoms with Crippen LogP contribution in [-0.4, -0.2) is 29.5 Å². The number of benzene rings is 1. The second-order valence-electron chi connectivity index (χ2n) is 3.23. The van der Waals surface area contributed by atoms with Crippen molar-refractivity contribution in [1.29, 1.82) is 0 Å². The molecule has 0 aliphatic carbocycles. The van der Waals surface area contributed by atoms with E-state index in [1.54, 1.807) is 13.0 Å². The molecule has 0 aliphatic rings. The first-order valence-corrected chi connectivity index (χ1v) is 4.42. The van der Waals surface area contributed by atoms with Gasteiger partial charge in [-0.05, 0) is 30.7 Å². The van der Waals surface area contributed by atoms with Crippen LogP contribution in [0.25, 0.3) is 0 Å². The number of anilines is 1. The quantitative estimate of drug-likeness (QED) is 0.675.